The Kier molecular flexibility index (Phi) is 9.49. The fraction of sp³-hybridized carbons (Fsp3) is 0.536. The molecule has 0 heterocycles. The Hall–Kier alpha value is -3.70. The molecule has 0 saturated heterocycles. The van der Waals surface area contributed by atoms with Gasteiger partial charge in [0.15, 0.2) is 11.4 Å². The van der Waals surface area contributed by atoms with Gasteiger partial charge in [-0.05, 0) is 64.3 Å². The molecule has 15 nitrogen and oxygen atoms in total. The van der Waals surface area contributed by atoms with Crippen LogP contribution in [-0.4, -0.2) is 98.6 Å². The van der Waals surface area contributed by atoms with Gasteiger partial charge in [0.1, 0.15) is 22.8 Å². The normalized spacial score (nSPS) is 25.0. The van der Waals surface area contributed by atoms with Crippen molar-refractivity contribution in [1.82, 2.24) is 4.90 Å². The Balaban J connectivity index is 0.000000978. The molecule has 16 heteroatoms. The van der Waals surface area contributed by atoms with Crippen LogP contribution in [0.1, 0.15) is 50.0 Å². The van der Waals surface area contributed by atoms with Crippen molar-refractivity contribution in [3.63, 3.8) is 0 Å². The molecular formula is C28H40N4O11S. The summed E-state index contributed by atoms with van der Waals surface area (Å²) in [7, 11) is -1.47. The van der Waals surface area contributed by atoms with Crippen LogP contribution in [0.15, 0.2) is 28.7 Å². The minimum Gasteiger partial charge on any atom is -0.510 e. The SMILES string of the molecule is CC(C)CN(c1cc(N)c(O)c2c1CC1CC3[C@H](N(C)C)C(O)=C(C(N)=O)C(=O)[C@@]3(O)C(O)=C1C2=O)C(C)C.O=S(=O)(O)O. The number of hydrogen-bond donors (Lipinski definition) is 8. The maximum Gasteiger partial charge on any atom is 0.394 e. The number of amides is 1. The van der Waals surface area contributed by atoms with Gasteiger partial charge < -0.3 is 36.8 Å². The molecule has 244 valence electrons. The third-order valence-electron chi connectivity index (χ3n) is 8.22. The third kappa shape index (κ3) is 5.99. The number of allylic oxidation sites excluding steroid dienone is 1. The number of nitrogens with zero attached hydrogens (tertiary/aromatic N) is 2. The Morgan fingerprint density at radius 3 is 2.11 bits per heavy atom. The molecule has 0 radical (unpaired) electrons. The van der Waals surface area contributed by atoms with Crippen LogP contribution < -0.4 is 16.4 Å². The maximum atomic E-state index is 14.0. The minimum atomic E-state index is -4.67. The van der Waals surface area contributed by atoms with Crippen LogP contribution in [0, 0.1) is 17.8 Å². The number of anilines is 2. The second-order valence-electron chi connectivity index (χ2n) is 12.2. The first kappa shape index (κ1) is 34.8. The number of carbonyl (C=O) groups is 3. The Morgan fingerprint density at radius 2 is 1.66 bits per heavy atom. The van der Waals surface area contributed by atoms with Crippen LogP contribution in [0.5, 0.6) is 5.75 Å². The second kappa shape index (κ2) is 12.0. The lowest BCUT2D eigenvalue weighted by Gasteiger charge is -2.50. The summed E-state index contributed by atoms with van der Waals surface area (Å²) in [6.45, 7) is 8.83. The van der Waals surface area contributed by atoms with E-state index in [1.54, 1.807) is 20.2 Å². The number of fused-ring (bicyclic) bond motifs is 3. The second-order valence-corrected chi connectivity index (χ2v) is 13.1. The fourth-order valence-electron chi connectivity index (χ4n) is 6.56. The lowest BCUT2D eigenvalue weighted by molar-refractivity contribution is -0.148. The van der Waals surface area contributed by atoms with Gasteiger partial charge in [0.05, 0.1) is 17.3 Å². The van der Waals surface area contributed by atoms with E-state index in [-0.39, 0.29) is 41.6 Å². The summed E-state index contributed by atoms with van der Waals surface area (Å²) >= 11 is 0. The zero-order valence-corrected chi connectivity index (χ0v) is 26.1. The van der Waals surface area contributed by atoms with E-state index in [1.807, 2.05) is 13.8 Å². The van der Waals surface area contributed by atoms with E-state index < -0.39 is 74.2 Å². The van der Waals surface area contributed by atoms with Crippen LogP contribution in [-0.2, 0) is 26.4 Å². The van der Waals surface area contributed by atoms with E-state index in [9.17, 15) is 34.8 Å². The third-order valence-corrected chi connectivity index (χ3v) is 8.22. The number of likely N-dealkylation sites (N-methyl/N-ethyl adjacent to an activating group) is 1. The van der Waals surface area contributed by atoms with Crippen molar-refractivity contribution in [2.45, 2.75) is 58.2 Å². The quantitative estimate of drug-likeness (QED) is 0.0930. The summed E-state index contributed by atoms with van der Waals surface area (Å²) in [5, 5.41) is 45.0. The number of phenolic OH excluding ortho intramolecular Hbond substituents is 1. The summed E-state index contributed by atoms with van der Waals surface area (Å²) in [6.07, 6.45) is 0.237. The Morgan fingerprint density at radius 1 is 1.11 bits per heavy atom. The number of nitrogens with two attached hydrogens (primary N) is 2. The molecule has 44 heavy (non-hydrogen) atoms. The van der Waals surface area contributed by atoms with E-state index in [4.69, 9.17) is 29.0 Å². The summed E-state index contributed by atoms with van der Waals surface area (Å²) < 4.78 is 31.6. The van der Waals surface area contributed by atoms with Gasteiger partial charge in [0, 0.05) is 29.8 Å². The number of rotatable bonds is 6. The fourth-order valence-corrected chi connectivity index (χ4v) is 6.56. The molecule has 0 spiro atoms. The lowest BCUT2D eigenvalue weighted by atomic mass is 9.58. The molecule has 0 aromatic heterocycles. The first-order chi connectivity index (χ1) is 20.0. The molecule has 3 aliphatic carbocycles. The summed E-state index contributed by atoms with van der Waals surface area (Å²) in [5.74, 6) is -6.64. The number of aromatic hydroxyl groups is 1. The van der Waals surface area contributed by atoms with Crippen molar-refractivity contribution >= 4 is 39.2 Å². The summed E-state index contributed by atoms with van der Waals surface area (Å²) in [5.41, 5.74) is 8.97. The molecule has 1 aromatic rings. The topological polar surface area (TPSA) is 265 Å². The molecule has 10 N–H and O–H groups in total. The van der Waals surface area contributed by atoms with Gasteiger partial charge in [-0.15, -0.1) is 0 Å². The van der Waals surface area contributed by atoms with Gasteiger partial charge in [0.25, 0.3) is 5.91 Å². The van der Waals surface area contributed by atoms with Crippen LogP contribution in [0.4, 0.5) is 11.4 Å². The minimum absolute atomic E-state index is 0.0114. The average Bonchev–Trinajstić information content (AvgIpc) is 2.85. The molecule has 4 rings (SSSR count). The molecule has 1 amide bonds. The van der Waals surface area contributed by atoms with Crippen molar-refractivity contribution in [2.75, 3.05) is 31.3 Å². The summed E-state index contributed by atoms with van der Waals surface area (Å²) in [4.78, 5) is 43.2. The number of nitrogen functional groups attached to an aromatic ring is 1. The standard InChI is InChI=1S/C28H38N4O7.H2O4S/c1-11(2)10-32(12(3)4)17-9-16(29)22(33)19-14(17)7-13-8-15-21(31(5)6)24(35)20(27(30)38)26(37)28(15,39)25(36)18(13)23(19)34;1-5(2,3)4/h9,11-13,15,21,33,35-36,39H,7-8,10,29H2,1-6H3,(H2,30,38);(H2,1,2,3,4)/t13?,15?,21-,28-;/m0./s1. The zero-order valence-electron chi connectivity index (χ0n) is 25.3. The van der Waals surface area contributed by atoms with Gasteiger partial charge in [-0.1, -0.05) is 13.8 Å². The monoisotopic (exact) mass is 640 g/mol. The van der Waals surface area contributed by atoms with Crippen LogP contribution in [0.25, 0.3) is 0 Å². The van der Waals surface area contributed by atoms with Crippen molar-refractivity contribution < 1.29 is 52.3 Å². The van der Waals surface area contributed by atoms with Gasteiger partial charge in [-0.25, -0.2) is 0 Å². The van der Waals surface area contributed by atoms with E-state index in [0.717, 1.165) is 0 Å². The molecule has 3 aliphatic rings. The van der Waals surface area contributed by atoms with E-state index in [1.165, 1.54) is 4.90 Å². The van der Waals surface area contributed by atoms with Crippen molar-refractivity contribution in [3.8, 4) is 5.75 Å². The first-order valence-corrected chi connectivity index (χ1v) is 15.2. The predicted octanol–water partition coefficient (Wildman–Crippen LogP) is 0.921. The highest BCUT2D eigenvalue weighted by atomic mass is 32.3. The molecule has 0 aliphatic heterocycles. The molecule has 1 aromatic carbocycles. The lowest BCUT2D eigenvalue weighted by Crippen LogP contribution is -2.63. The highest BCUT2D eigenvalue weighted by Gasteiger charge is 2.63. The Bertz CT molecular complexity index is 1560. The van der Waals surface area contributed by atoms with Gasteiger partial charge in [-0.3, -0.25) is 28.4 Å². The van der Waals surface area contributed by atoms with Crippen molar-refractivity contribution in [2.24, 2.45) is 23.5 Å². The van der Waals surface area contributed by atoms with Crippen LogP contribution in [0.3, 0.4) is 0 Å². The number of primary amides is 1. The van der Waals surface area contributed by atoms with Crippen LogP contribution >= 0.6 is 0 Å². The number of aliphatic hydroxyl groups is 3. The van der Waals surface area contributed by atoms with Gasteiger partial charge in [0.2, 0.25) is 5.78 Å². The maximum absolute atomic E-state index is 14.0. The molecule has 0 saturated carbocycles. The highest BCUT2D eigenvalue weighted by Crippen LogP contribution is 2.53. The number of ketones is 2. The first-order valence-electron chi connectivity index (χ1n) is 13.8. The van der Waals surface area contributed by atoms with E-state index >= 15 is 0 Å². The number of aliphatic hydroxyl groups excluding tert-OH is 2. The van der Waals surface area contributed by atoms with Gasteiger partial charge in [-0.2, -0.15) is 8.42 Å². The zero-order chi connectivity index (χ0) is 33.8. The van der Waals surface area contributed by atoms with E-state index in [2.05, 4.69) is 18.7 Å². The number of phenols is 1. The number of Topliss-reactive ketones (excluding diaryl/α,β-unsaturated/α-hetero) is 2. The molecule has 4 atom stereocenters. The summed E-state index contributed by atoms with van der Waals surface area (Å²) in [6, 6.07) is 0.654. The largest absolute Gasteiger partial charge is 0.510 e. The van der Waals surface area contributed by atoms with Crippen molar-refractivity contribution in [3.05, 3.63) is 39.9 Å². The van der Waals surface area contributed by atoms with Gasteiger partial charge >= 0.3 is 10.4 Å². The smallest absolute Gasteiger partial charge is 0.394 e. The molecule has 0 fully saturated rings. The van der Waals surface area contributed by atoms with Crippen LogP contribution in [0.2, 0.25) is 0 Å². The number of benzene rings is 1. The van der Waals surface area contributed by atoms with Crippen molar-refractivity contribution in [1.29, 1.82) is 0 Å². The molecule has 0 bridgehead atoms. The Labute approximate surface area is 255 Å². The van der Waals surface area contributed by atoms with E-state index in [0.29, 0.717) is 17.8 Å². The highest BCUT2D eigenvalue weighted by molar-refractivity contribution is 7.79. The number of carbonyl (C=O) groups excluding carboxylic acids is 3. The molecule has 2 unspecified atom stereocenters. The molecular weight excluding hydrogens is 600 g/mol. The predicted molar refractivity (Wildman–Crippen MR) is 160 cm³/mol. The average molecular weight is 641 g/mol. The number of hydrogen-bond acceptors (Lipinski definition) is 12.